The fourth-order valence-electron chi connectivity index (χ4n) is 5.64. The smallest absolute Gasteiger partial charge is 0.241 e. The van der Waals surface area contributed by atoms with Crippen molar-refractivity contribution in [2.24, 2.45) is 0 Å². The van der Waals surface area contributed by atoms with Crippen molar-refractivity contribution in [1.82, 2.24) is 20.1 Å². The number of benzene rings is 1. The van der Waals surface area contributed by atoms with E-state index in [0.29, 0.717) is 55.8 Å². The van der Waals surface area contributed by atoms with E-state index >= 15 is 0 Å². The predicted molar refractivity (Wildman–Crippen MR) is 141 cm³/mol. The average Bonchev–Trinajstić information content (AvgIpc) is 2.88. The predicted octanol–water partition coefficient (Wildman–Crippen LogP) is 2.31. The molecule has 0 spiro atoms. The largest absolute Gasteiger partial charge is 0.474 e. The Labute approximate surface area is 218 Å². The third-order valence-corrected chi connectivity index (χ3v) is 7.69. The Kier molecular flexibility index (Phi) is 8.04. The zero-order valence-electron chi connectivity index (χ0n) is 22.0. The molecule has 0 saturated carbocycles. The molecule has 0 radical (unpaired) electrons. The average molecular weight is 512 g/mol. The first-order chi connectivity index (χ1) is 17.9. The van der Waals surface area contributed by atoms with Crippen molar-refractivity contribution in [3.05, 3.63) is 53.5 Å². The van der Waals surface area contributed by atoms with E-state index in [0.717, 1.165) is 44.0 Å². The minimum Gasteiger partial charge on any atom is -0.474 e. The van der Waals surface area contributed by atoms with Gasteiger partial charge in [0, 0.05) is 50.0 Å². The van der Waals surface area contributed by atoms with Crippen LogP contribution in [0.5, 0.6) is 5.88 Å². The molecule has 0 aliphatic carbocycles. The van der Waals surface area contributed by atoms with Crippen LogP contribution in [0.1, 0.15) is 31.9 Å². The van der Waals surface area contributed by atoms with Gasteiger partial charge in [0.15, 0.2) is 0 Å². The van der Waals surface area contributed by atoms with E-state index in [2.05, 4.69) is 40.9 Å². The Morgan fingerprint density at radius 3 is 2.65 bits per heavy atom. The highest BCUT2D eigenvalue weighted by Crippen LogP contribution is 2.31. The molecule has 200 valence electrons. The minimum atomic E-state index is -0.254. The highest BCUT2D eigenvalue weighted by molar-refractivity contribution is 5.96. The van der Waals surface area contributed by atoms with Crippen LogP contribution in [0.15, 0.2) is 36.5 Å². The van der Waals surface area contributed by atoms with Gasteiger partial charge in [-0.25, -0.2) is 9.37 Å². The third kappa shape index (κ3) is 6.12. The fraction of sp³-hybridized carbons (Fsp3) is 0.571. The van der Waals surface area contributed by atoms with Gasteiger partial charge in [0.05, 0.1) is 26.3 Å². The van der Waals surface area contributed by atoms with E-state index < -0.39 is 0 Å². The molecule has 5 rings (SSSR count). The van der Waals surface area contributed by atoms with Crippen LogP contribution in [0.25, 0.3) is 0 Å². The molecule has 4 atom stereocenters. The Bertz CT molecular complexity index is 1070. The van der Waals surface area contributed by atoms with E-state index in [1.807, 2.05) is 11.0 Å². The van der Waals surface area contributed by atoms with Gasteiger partial charge in [-0.1, -0.05) is 12.1 Å². The lowest BCUT2D eigenvalue weighted by Crippen LogP contribution is -2.63. The Morgan fingerprint density at radius 1 is 1.14 bits per heavy atom. The number of rotatable bonds is 6. The van der Waals surface area contributed by atoms with Crippen LogP contribution in [0.4, 0.5) is 10.1 Å². The number of pyridine rings is 1. The lowest BCUT2D eigenvalue weighted by Gasteiger charge is -2.46. The van der Waals surface area contributed by atoms with Gasteiger partial charge in [-0.3, -0.25) is 14.6 Å². The zero-order valence-corrected chi connectivity index (χ0v) is 22.0. The summed E-state index contributed by atoms with van der Waals surface area (Å²) in [6.45, 7) is 11.9. The van der Waals surface area contributed by atoms with Crippen molar-refractivity contribution in [3.8, 4) is 5.88 Å². The molecule has 1 amide bonds. The summed E-state index contributed by atoms with van der Waals surface area (Å²) in [5, 5.41) is 3.61. The molecule has 2 aromatic rings. The van der Waals surface area contributed by atoms with Crippen LogP contribution < -0.4 is 15.0 Å². The van der Waals surface area contributed by atoms with Crippen LogP contribution in [0.2, 0.25) is 0 Å². The standard InChI is InChI=1S/C28H38FN5O3/c1-19-14-32(25(13-30-19)15-34-20(2)17-36-18-21(34)3)16-27(35)33-8-9-37-28-26(33)11-23(12-31-28)10-22-4-6-24(29)7-5-22/h4-7,11-12,19-21,25,30H,8-10,13-18H2,1-3H3/t19-,20-,21-,25-/m1/s1. The summed E-state index contributed by atoms with van der Waals surface area (Å²) in [5.41, 5.74) is 2.66. The molecule has 2 saturated heterocycles. The quantitative estimate of drug-likeness (QED) is 0.638. The number of hydrogen-bond donors (Lipinski definition) is 1. The van der Waals surface area contributed by atoms with E-state index in [1.165, 1.54) is 12.1 Å². The maximum Gasteiger partial charge on any atom is 0.241 e. The number of hydrogen-bond acceptors (Lipinski definition) is 7. The van der Waals surface area contributed by atoms with Crippen molar-refractivity contribution < 1.29 is 18.7 Å². The molecule has 4 heterocycles. The zero-order chi connectivity index (χ0) is 25.9. The molecule has 3 aliphatic heterocycles. The third-order valence-electron chi connectivity index (χ3n) is 7.69. The highest BCUT2D eigenvalue weighted by Gasteiger charge is 2.35. The molecule has 37 heavy (non-hydrogen) atoms. The van der Waals surface area contributed by atoms with Gasteiger partial charge in [-0.2, -0.15) is 0 Å². The number of nitrogens with zero attached hydrogens (tertiary/aromatic N) is 4. The monoisotopic (exact) mass is 511 g/mol. The highest BCUT2D eigenvalue weighted by atomic mass is 19.1. The van der Waals surface area contributed by atoms with Crippen LogP contribution in [0, 0.1) is 5.82 Å². The second kappa shape index (κ2) is 11.4. The Morgan fingerprint density at radius 2 is 1.89 bits per heavy atom. The number of fused-ring (bicyclic) bond motifs is 1. The normalized spacial score (nSPS) is 27.0. The van der Waals surface area contributed by atoms with Gasteiger partial charge >= 0.3 is 0 Å². The molecule has 1 N–H and O–H groups in total. The lowest BCUT2D eigenvalue weighted by molar-refractivity contribution is -0.121. The number of aromatic nitrogens is 1. The van der Waals surface area contributed by atoms with E-state index in [4.69, 9.17) is 9.47 Å². The van der Waals surface area contributed by atoms with Crippen LogP contribution in [-0.4, -0.2) is 97.4 Å². The summed E-state index contributed by atoms with van der Waals surface area (Å²) in [7, 11) is 0. The maximum atomic E-state index is 13.7. The van der Waals surface area contributed by atoms with Gasteiger partial charge in [0.25, 0.3) is 0 Å². The minimum absolute atomic E-state index is 0.0625. The first-order valence-corrected chi connectivity index (χ1v) is 13.3. The number of carbonyl (C=O) groups excluding carboxylic acids is 1. The topological polar surface area (TPSA) is 70.2 Å². The summed E-state index contributed by atoms with van der Waals surface area (Å²) >= 11 is 0. The number of carbonyl (C=O) groups is 1. The van der Waals surface area contributed by atoms with Crippen molar-refractivity contribution in [3.63, 3.8) is 0 Å². The molecule has 9 heteroatoms. The number of amides is 1. The van der Waals surface area contributed by atoms with Gasteiger partial charge in [0.2, 0.25) is 11.8 Å². The first-order valence-electron chi connectivity index (χ1n) is 13.3. The number of nitrogens with one attached hydrogen (secondary N) is 1. The molecular weight excluding hydrogens is 473 g/mol. The van der Waals surface area contributed by atoms with Crippen LogP contribution in [0.3, 0.4) is 0 Å². The molecule has 3 aliphatic rings. The summed E-state index contributed by atoms with van der Waals surface area (Å²) < 4.78 is 24.8. The van der Waals surface area contributed by atoms with E-state index in [-0.39, 0.29) is 17.8 Å². The van der Waals surface area contributed by atoms with Gasteiger partial charge in [0.1, 0.15) is 18.1 Å². The van der Waals surface area contributed by atoms with Crippen molar-refractivity contribution in [2.45, 2.75) is 51.4 Å². The summed E-state index contributed by atoms with van der Waals surface area (Å²) in [6.07, 6.45) is 2.38. The van der Waals surface area contributed by atoms with Crippen LogP contribution >= 0.6 is 0 Å². The van der Waals surface area contributed by atoms with Crippen molar-refractivity contribution in [1.29, 1.82) is 0 Å². The number of piperazine rings is 1. The summed E-state index contributed by atoms with van der Waals surface area (Å²) in [4.78, 5) is 24.9. The fourth-order valence-corrected chi connectivity index (χ4v) is 5.64. The van der Waals surface area contributed by atoms with Gasteiger partial charge in [-0.05, 0) is 56.5 Å². The Balaban J connectivity index is 1.30. The molecule has 2 fully saturated rings. The van der Waals surface area contributed by atoms with Crippen molar-refractivity contribution in [2.75, 3.05) is 57.4 Å². The summed E-state index contributed by atoms with van der Waals surface area (Å²) in [6, 6.07) is 9.74. The second-order valence-electron chi connectivity index (χ2n) is 10.7. The molecule has 1 aromatic heterocycles. The number of anilines is 1. The summed E-state index contributed by atoms with van der Waals surface area (Å²) in [5.74, 6) is 0.298. The molecular formula is C28H38FN5O3. The Hall–Kier alpha value is -2.59. The van der Waals surface area contributed by atoms with Gasteiger partial charge in [-0.15, -0.1) is 0 Å². The number of halogens is 1. The molecule has 8 nitrogen and oxygen atoms in total. The van der Waals surface area contributed by atoms with Crippen molar-refractivity contribution >= 4 is 11.6 Å². The van der Waals surface area contributed by atoms with Gasteiger partial charge < -0.3 is 19.7 Å². The second-order valence-corrected chi connectivity index (χ2v) is 10.7. The molecule has 1 aromatic carbocycles. The molecule has 0 unspecified atom stereocenters. The number of morpholine rings is 1. The molecule has 0 bridgehead atoms. The van der Waals surface area contributed by atoms with E-state index in [9.17, 15) is 9.18 Å². The first kappa shape index (κ1) is 26.0. The SMILES string of the molecule is C[C@@H]1CN(CC(=O)N2CCOc3ncc(Cc4ccc(F)cc4)cc32)[C@@H](CN2[C@H](C)COC[C@H]2C)CN1. The maximum absolute atomic E-state index is 13.7. The van der Waals surface area contributed by atoms with Crippen LogP contribution in [-0.2, 0) is 16.0 Å². The van der Waals surface area contributed by atoms with E-state index in [1.54, 1.807) is 18.3 Å². The number of ether oxygens (including phenoxy) is 2. The lowest BCUT2D eigenvalue weighted by atomic mass is 10.1.